The molecule has 4 heteroatoms. The van der Waals surface area contributed by atoms with Crippen LogP contribution in [-0.2, 0) is 4.74 Å². The third-order valence-electron chi connectivity index (χ3n) is 3.60. The SMILES string of the molecule is CCNC(C)(CO)CC(C)N(CC)C(C)COC. The summed E-state index contributed by atoms with van der Waals surface area (Å²) < 4.78 is 5.23. The second-order valence-electron chi connectivity index (χ2n) is 5.44. The van der Waals surface area contributed by atoms with Gasteiger partial charge in [0, 0.05) is 24.7 Å². The Morgan fingerprint density at radius 1 is 1.28 bits per heavy atom. The fourth-order valence-corrected chi connectivity index (χ4v) is 2.78. The van der Waals surface area contributed by atoms with E-state index >= 15 is 0 Å². The summed E-state index contributed by atoms with van der Waals surface area (Å²) in [5.41, 5.74) is -0.200. The lowest BCUT2D eigenvalue weighted by atomic mass is 9.93. The zero-order valence-corrected chi connectivity index (χ0v) is 13.0. The summed E-state index contributed by atoms with van der Waals surface area (Å²) in [5, 5.41) is 12.9. The molecule has 2 N–H and O–H groups in total. The van der Waals surface area contributed by atoms with E-state index in [1.165, 1.54) is 0 Å². The molecule has 0 heterocycles. The number of nitrogens with one attached hydrogen (secondary N) is 1. The van der Waals surface area contributed by atoms with Crippen molar-refractivity contribution >= 4 is 0 Å². The first kappa shape index (κ1) is 17.8. The Bertz CT molecular complexity index is 214. The monoisotopic (exact) mass is 260 g/mol. The van der Waals surface area contributed by atoms with E-state index in [0.717, 1.165) is 26.1 Å². The van der Waals surface area contributed by atoms with E-state index in [4.69, 9.17) is 4.74 Å². The smallest absolute Gasteiger partial charge is 0.0615 e. The van der Waals surface area contributed by atoms with E-state index < -0.39 is 0 Å². The first-order chi connectivity index (χ1) is 8.44. The molecule has 0 aromatic carbocycles. The van der Waals surface area contributed by atoms with Crippen LogP contribution in [-0.4, -0.2) is 61.0 Å². The minimum atomic E-state index is -0.200. The molecule has 3 atom stereocenters. The van der Waals surface area contributed by atoms with Crippen molar-refractivity contribution in [2.75, 3.05) is 33.4 Å². The van der Waals surface area contributed by atoms with Gasteiger partial charge in [-0.15, -0.1) is 0 Å². The molecule has 110 valence electrons. The maximum absolute atomic E-state index is 9.56. The van der Waals surface area contributed by atoms with Crippen LogP contribution in [0.15, 0.2) is 0 Å². The Morgan fingerprint density at radius 2 is 1.89 bits per heavy atom. The van der Waals surface area contributed by atoms with E-state index in [1.807, 2.05) is 0 Å². The third kappa shape index (κ3) is 5.65. The normalized spacial score (nSPS) is 18.7. The number of methoxy groups -OCH3 is 1. The highest BCUT2D eigenvalue weighted by molar-refractivity contribution is 4.87. The van der Waals surface area contributed by atoms with E-state index in [2.05, 4.69) is 44.8 Å². The van der Waals surface area contributed by atoms with Crippen molar-refractivity contribution in [1.29, 1.82) is 0 Å². The molecule has 0 aromatic heterocycles. The third-order valence-corrected chi connectivity index (χ3v) is 3.60. The Labute approximate surface area is 113 Å². The highest BCUT2D eigenvalue weighted by atomic mass is 16.5. The number of aliphatic hydroxyl groups is 1. The van der Waals surface area contributed by atoms with Gasteiger partial charge >= 0.3 is 0 Å². The molecule has 0 aliphatic heterocycles. The zero-order chi connectivity index (χ0) is 14.2. The number of nitrogens with zero attached hydrogens (tertiary/aromatic N) is 1. The van der Waals surface area contributed by atoms with Gasteiger partial charge in [0.25, 0.3) is 0 Å². The van der Waals surface area contributed by atoms with E-state index in [9.17, 15) is 5.11 Å². The summed E-state index contributed by atoms with van der Waals surface area (Å²) in [6, 6.07) is 0.816. The molecule has 0 fully saturated rings. The molecule has 18 heavy (non-hydrogen) atoms. The molecule has 0 aromatic rings. The quantitative estimate of drug-likeness (QED) is 0.624. The molecular formula is C14H32N2O2. The summed E-state index contributed by atoms with van der Waals surface area (Å²) in [7, 11) is 1.74. The van der Waals surface area contributed by atoms with E-state index in [0.29, 0.717) is 12.1 Å². The van der Waals surface area contributed by atoms with Crippen molar-refractivity contribution in [3.63, 3.8) is 0 Å². The Hall–Kier alpha value is -0.160. The Balaban J connectivity index is 4.53. The van der Waals surface area contributed by atoms with Gasteiger partial charge in [0.05, 0.1) is 13.2 Å². The lowest BCUT2D eigenvalue weighted by molar-refractivity contribution is 0.0561. The van der Waals surface area contributed by atoms with Crippen molar-refractivity contribution in [3.8, 4) is 0 Å². The molecule has 0 saturated carbocycles. The average molecular weight is 260 g/mol. The van der Waals surface area contributed by atoms with Crippen LogP contribution in [0.1, 0.15) is 41.0 Å². The first-order valence-corrected chi connectivity index (χ1v) is 7.04. The maximum atomic E-state index is 9.56. The van der Waals surface area contributed by atoms with Crippen LogP contribution < -0.4 is 5.32 Å². The van der Waals surface area contributed by atoms with Gasteiger partial charge < -0.3 is 15.2 Å². The van der Waals surface area contributed by atoms with Crippen LogP contribution in [0.3, 0.4) is 0 Å². The van der Waals surface area contributed by atoms with Gasteiger partial charge in [-0.05, 0) is 40.3 Å². The molecule has 0 aliphatic carbocycles. The molecule has 0 spiro atoms. The van der Waals surface area contributed by atoms with Gasteiger partial charge in [-0.2, -0.15) is 0 Å². The number of rotatable bonds is 10. The summed E-state index contributed by atoms with van der Waals surface area (Å²) in [4.78, 5) is 2.43. The van der Waals surface area contributed by atoms with Crippen LogP contribution in [0.5, 0.6) is 0 Å². The number of hydrogen-bond donors (Lipinski definition) is 2. The van der Waals surface area contributed by atoms with Crippen molar-refractivity contribution in [3.05, 3.63) is 0 Å². The highest BCUT2D eigenvalue weighted by Crippen LogP contribution is 2.18. The summed E-state index contributed by atoms with van der Waals surface area (Å²) in [6.07, 6.45) is 0.930. The molecule has 4 nitrogen and oxygen atoms in total. The predicted octanol–water partition coefficient (Wildman–Crippen LogP) is 1.48. The highest BCUT2D eigenvalue weighted by Gasteiger charge is 2.28. The van der Waals surface area contributed by atoms with Crippen molar-refractivity contribution in [2.45, 2.75) is 58.7 Å². The van der Waals surface area contributed by atoms with Crippen molar-refractivity contribution < 1.29 is 9.84 Å². The number of hydrogen-bond acceptors (Lipinski definition) is 4. The molecular weight excluding hydrogens is 228 g/mol. The van der Waals surface area contributed by atoms with Gasteiger partial charge in [-0.3, -0.25) is 4.90 Å². The molecule has 3 unspecified atom stereocenters. The predicted molar refractivity (Wildman–Crippen MR) is 77.0 cm³/mol. The fourth-order valence-electron chi connectivity index (χ4n) is 2.78. The average Bonchev–Trinajstić information content (AvgIpc) is 2.30. The molecule has 0 aliphatic rings. The van der Waals surface area contributed by atoms with Crippen LogP contribution in [0.4, 0.5) is 0 Å². The van der Waals surface area contributed by atoms with Crippen LogP contribution >= 0.6 is 0 Å². The molecule has 0 saturated heterocycles. The molecule has 0 bridgehead atoms. The van der Waals surface area contributed by atoms with Gasteiger partial charge in [0.15, 0.2) is 0 Å². The lowest BCUT2D eigenvalue weighted by Crippen LogP contribution is -2.52. The topological polar surface area (TPSA) is 44.7 Å². The second-order valence-corrected chi connectivity index (χ2v) is 5.44. The van der Waals surface area contributed by atoms with Gasteiger partial charge in [-0.1, -0.05) is 13.8 Å². The van der Waals surface area contributed by atoms with Crippen LogP contribution in [0, 0.1) is 0 Å². The minimum absolute atomic E-state index is 0.168. The number of ether oxygens (including phenoxy) is 1. The Morgan fingerprint density at radius 3 is 2.28 bits per heavy atom. The summed E-state index contributed by atoms with van der Waals surface area (Å²) in [6.45, 7) is 13.5. The van der Waals surface area contributed by atoms with Crippen molar-refractivity contribution in [2.24, 2.45) is 0 Å². The second kappa shape index (κ2) is 8.86. The fraction of sp³-hybridized carbons (Fsp3) is 1.00. The maximum Gasteiger partial charge on any atom is 0.0615 e. The summed E-state index contributed by atoms with van der Waals surface area (Å²) in [5.74, 6) is 0. The number of aliphatic hydroxyl groups excluding tert-OH is 1. The minimum Gasteiger partial charge on any atom is -0.394 e. The summed E-state index contributed by atoms with van der Waals surface area (Å²) >= 11 is 0. The first-order valence-electron chi connectivity index (χ1n) is 7.04. The van der Waals surface area contributed by atoms with Gasteiger partial charge in [-0.25, -0.2) is 0 Å². The van der Waals surface area contributed by atoms with Gasteiger partial charge in [0.1, 0.15) is 0 Å². The lowest BCUT2D eigenvalue weighted by Gasteiger charge is -2.39. The van der Waals surface area contributed by atoms with E-state index in [1.54, 1.807) is 7.11 Å². The van der Waals surface area contributed by atoms with Crippen LogP contribution in [0.2, 0.25) is 0 Å². The number of likely N-dealkylation sites (N-methyl/N-ethyl adjacent to an activating group) is 2. The largest absolute Gasteiger partial charge is 0.394 e. The van der Waals surface area contributed by atoms with Gasteiger partial charge in [0.2, 0.25) is 0 Å². The van der Waals surface area contributed by atoms with Crippen LogP contribution in [0.25, 0.3) is 0 Å². The Kier molecular flexibility index (Phi) is 8.78. The molecule has 0 amide bonds. The standard InChI is InChI=1S/C14H32N2O2/c1-7-15-14(5,11-17)9-12(3)16(8-2)13(4)10-18-6/h12-13,15,17H,7-11H2,1-6H3. The zero-order valence-electron chi connectivity index (χ0n) is 13.0. The molecule has 0 rings (SSSR count). The van der Waals surface area contributed by atoms with E-state index in [-0.39, 0.29) is 12.1 Å². The van der Waals surface area contributed by atoms with Crippen molar-refractivity contribution in [1.82, 2.24) is 10.2 Å². The molecule has 0 radical (unpaired) electrons.